The Labute approximate surface area is 186 Å². The van der Waals surface area contributed by atoms with E-state index < -0.39 is 0 Å². The van der Waals surface area contributed by atoms with E-state index >= 15 is 0 Å². The standard InChI is InChI=1S/C24H27N3O3S/c1-17-12-27(13-18(2)30-17)14-21-16-31-24(25-21)26-23(28)20-8-10-22(11-9-20)29-15-19-6-4-3-5-7-19/h3-11,16-18H,12-15H2,1-2H3,(H,25,26,28). The molecule has 2 atom stereocenters. The second-order valence-electron chi connectivity index (χ2n) is 7.85. The number of nitrogens with one attached hydrogen (secondary N) is 1. The summed E-state index contributed by atoms with van der Waals surface area (Å²) in [7, 11) is 0. The highest BCUT2D eigenvalue weighted by atomic mass is 32.1. The molecule has 1 fully saturated rings. The van der Waals surface area contributed by atoms with Crippen LogP contribution in [0.5, 0.6) is 5.75 Å². The Morgan fingerprint density at radius 3 is 2.55 bits per heavy atom. The summed E-state index contributed by atoms with van der Waals surface area (Å²) in [5.41, 5.74) is 2.63. The lowest BCUT2D eigenvalue weighted by Gasteiger charge is -2.34. The predicted octanol–water partition coefficient (Wildman–Crippen LogP) is 4.58. The molecule has 1 amide bonds. The topological polar surface area (TPSA) is 63.7 Å². The van der Waals surface area contributed by atoms with Crippen LogP contribution < -0.4 is 10.1 Å². The number of ether oxygens (including phenoxy) is 2. The summed E-state index contributed by atoms with van der Waals surface area (Å²) in [4.78, 5) is 19.5. The van der Waals surface area contributed by atoms with Gasteiger partial charge in [-0.25, -0.2) is 4.98 Å². The molecule has 2 heterocycles. The lowest BCUT2D eigenvalue weighted by molar-refractivity contribution is -0.0707. The van der Waals surface area contributed by atoms with Crippen molar-refractivity contribution in [1.82, 2.24) is 9.88 Å². The van der Waals surface area contributed by atoms with Gasteiger partial charge in [-0.1, -0.05) is 30.3 Å². The lowest BCUT2D eigenvalue weighted by Crippen LogP contribution is -2.44. The van der Waals surface area contributed by atoms with Crippen LogP contribution >= 0.6 is 11.3 Å². The van der Waals surface area contributed by atoms with Gasteiger partial charge in [0.25, 0.3) is 5.91 Å². The highest BCUT2D eigenvalue weighted by Gasteiger charge is 2.22. The van der Waals surface area contributed by atoms with Crippen molar-refractivity contribution in [3.63, 3.8) is 0 Å². The number of carbonyl (C=O) groups excluding carboxylic acids is 1. The molecule has 162 valence electrons. The second kappa shape index (κ2) is 10.0. The average molecular weight is 438 g/mol. The third-order valence-corrected chi connectivity index (χ3v) is 5.82. The smallest absolute Gasteiger partial charge is 0.257 e. The van der Waals surface area contributed by atoms with Crippen molar-refractivity contribution in [3.05, 3.63) is 76.8 Å². The molecule has 0 bridgehead atoms. The highest BCUT2D eigenvalue weighted by Crippen LogP contribution is 2.21. The molecule has 1 aliphatic heterocycles. The molecule has 0 radical (unpaired) electrons. The highest BCUT2D eigenvalue weighted by molar-refractivity contribution is 7.13. The van der Waals surface area contributed by atoms with Crippen molar-refractivity contribution in [3.8, 4) is 5.75 Å². The summed E-state index contributed by atoms with van der Waals surface area (Å²) in [6, 6.07) is 17.1. The van der Waals surface area contributed by atoms with Crippen molar-refractivity contribution in [2.75, 3.05) is 18.4 Å². The van der Waals surface area contributed by atoms with Crippen LogP contribution in [0, 0.1) is 0 Å². The Morgan fingerprint density at radius 1 is 1.13 bits per heavy atom. The van der Waals surface area contributed by atoms with Gasteiger partial charge >= 0.3 is 0 Å². The molecule has 1 saturated heterocycles. The van der Waals surface area contributed by atoms with E-state index in [0.717, 1.165) is 36.6 Å². The third kappa shape index (κ3) is 6.13. The van der Waals surface area contributed by atoms with Gasteiger partial charge in [0.15, 0.2) is 5.13 Å². The Hall–Kier alpha value is -2.74. The van der Waals surface area contributed by atoms with Gasteiger partial charge in [0.2, 0.25) is 0 Å². The van der Waals surface area contributed by atoms with E-state index in [0.29, 0.717) is 17.3 Å². The zero-order valence-corrected chi connectivity index (χ0v) is 18.6. The van der Waals surface area contributed by atoms with Crippen molar-refractivity contribution >= 4 is 22.4 Å². The maximum atomic E-state index is 12.6. The van der Waals surface area contributed by atoms with Crippen molar-refractivity contribution in [2.24, 2.45) is 0 Å². The van der Waals surface area contributed by atoms with Crippen LogP contribution in [0.2, 0.25) is 0 Å². The third-order valence-electron chi connectivity index (χ3n) is 5.02. The maximum absolute atomic E-state index is 12.6. The monoisotopic (exact) mass is 437 g/mol. The summed E-state index contributed by atoms with van der Waals surface area (Å²) < 4.78 is 11.6. The number of rotatable bonds is 7. The number of anilines is 1. The van der Waals surface area contributed by atoms with Crippen LogP contribution in [-0.4, -0.2) is 41.1 Å². The number of amides is 1. The van der Waals surface area contributed by atoms with Gasteiger partial charge in [-0.2, -0.15) is 0 Å². The number of morpholine rings is 1. The summed E-state index contributed by atoms with van der Waals surface area (Å²) in [5, 5.41) is 5.51. The lowest BCUT2D eigenvalue weighted by atomic mass is 10.2. The van der Waals surface area contributed by atoms with Crippen molar-refractivity contribution in [2.45, 2.75) is 39.2 Å². The normalized spacial score (nSPS) is 19.2. The zero-order valence-electron chi connectivity index (χ0n) is 17.8. The van der Waals surface area contributed by atoms with E-state index in [1.54, 1.807) is 12.1 Å². The SMILES string of the molecule is CC1CN(Cc2csc(NC(=O)c3ccc(OCc4ccccc4)cc3)n2)CC(C)O1. The average Bonchev–Trinajstić information content (AvgIpc) is 3.19. The first-order valence-electron chi connectivity index (χ1n) is 10.5. The number of carbonyl (C=O) groups is 1. The summed E-state index contributed by atoms with van der Waals surface area (Å²) in [6.45, 7) is 7.22. The second-order valence-corrected chi connectivity index (χ2v) is 8.71. The molecule has 1 aromatic heterocycles. The summed E-state index contributed by atoms with van der Waals surface area (Å²) >= 11 is 1.45. The summed E-state index contributed by atoms with van der Waals surface area (Å²) in [5.74, 6) is 0.551. The number of hydrogen-bond acceptors (Lipinski definition) is 6. The Balaban J connectivity index is 1.29. The quantitative estimate of drug-likeness (QED) is 0.586. The molecule has 1 aliphatic rings. The first kappa shape index (κ1) is 21.5. The van der Waals surface area contributed by atoms with Crippen molar-refractivity contribution < 1.29 is 14.3 Å². The minimum absolute atomic E-state index is 0.177. The molecule has 4 rings (SSSR count). The van der Waals surface area contributed by atoms with Crippen LogP contribution in [0.25, 0.3) is 0 Å². The first-order chi connectivity index (χ1) is 15.0. The van der Waals surface area contributed by atoms with Gasteiger partial charge in [-0.15, -0.1) is 11.3 Å². The minimum Gasteiger partial charge on any atom is -0.489 e. The van der Waals surface area contributed by atoms with Gasteiger partial charge in [0.1, 0.15) is 12.4 Å². The Kier molecular flexibility index (Phi) is 6.96. The Bertz CT molecular complexity index is 981. The van der Waals surface area contributed by atoms with Gasteiger partial charge in [-0.3, -0.25) is 15.0 Å². The molecule has 7 heteroatoms. The molecule has 0 spiro atoms. The maximum Gasteiger partial charge on any atom is 0.257 e. The van der Waals surface area contributed by atoms with Gasteiger partial charge < -0.3 is 9.47 Å². The van der Waals surface area contributed by atoms with Crippen LogP contribution in [0.1, 0.15) is 35.5 Å². The number of hydrogen-bond donors (Lipinski definition) is 1. The van der Waals surface area contributed by atoms with E-state index in [1.807, 2.05) is 47.8 Å². The van der Waals surface area contributed by atoms with Crippen LogP contribution in [0.4, 0.5) is 5.13 Å². The molecule has 2 aromatic carbocycles. The van der Waals surface area contributed by atoms with Crippen LogP contribution in [-0.2, 0) is 17.9 Å². The summed E-state index contributed by atoms with van der Waals surface area (Å²) in [6.07, 6.45) is 0.447. The minimum atomic E-state index is -0.177. The predicted molar refractivity (Wildman–Crippen MR) is 123 cm³/mol. The van der Waals surface area contributed by atoms with E-state index in [9.17, 15) is 4.79 Å². The molecule has 3 aromatic rings. The number of aromatic nitrogens is 1. The fraction of sp³-hybridized carbons (Fsp3) is 0.333. The largest absolute Gasteiger partial charge is 0.489 e. The van der Waals surface area contributed by atoms with Gasteiger partial charge in [0.05, 0.1) is 17.9 Å². The molecule has 2 unspecified atom stereocenters. The van der Waals surface area contributed by atoms with E-state index in [-0.39, 0.29) is 18.1 Å². The Morgan fingerprint density at radius 2 is 1.84 bits per heavy atom. The van der Waals surface area contributed by atoms with E-state index in [2.05, 4.69) is 29.0 Å². The molecule has 6 nitrogen and oxygen atoms in total. The molecule has 0 saturated carbocycles. The molecule has 1 N–H and O–H groups in total. The number of benzene rings is 2. The molecule has 0 aliphatic carbocycles. The van der Waals surface area contributed by atoms with Gasteiger partial charge in [0, 0.05) is 30.6 Å². The van der Waals surface area contributed by atoms with Crippen LogP contribution in [0.3, 0.4) is 0 Å². The van der Waals surface area contributed by atoms with Gasteiger partial charge in [-0.05, 0) is 43.7 Å². The molecule has 31 heavy (non-hydrogen) atoms. The van der Waals surface area contributed by atoms with E-state index in [4.69, 9.17) is 9.47 Å². The first-order valence-corrected chi connectivity index (χ1v) is 11.3. The fourth-order valence-corrected chi connectivity index (χ4v) is 4.39. The zero-order chi connectivity index (χ0) is 21.6. The molecular weight excluding hydrogens is 410 g/mol. The number of nitrogens with zero attached hydrogens (tertiary/aromatic N) is 2. The van der Waals surface area contributed by atoms with Crippen LogP contribution in [0.15, 0.2) is 60.0 Å². The number of thiazole rings is 1. The van der Waals surface area contributed by atoms with E-state index in [1.165, 1.54) is 11.3 Å². The fourth-order valence-electron chi connectivity index (χ4n) is 3.69. The van der Waals surface area contributed by atoms with Crippen molar-refractivity contribution in [1.29, 1.82) is 0 Å². The molecular formula is C24H27N3O3S.